The average molecular weight is 484 g/mol. The van der Waals surface area contributed by atoms with E-state index >= 15 is 0 Å². The van der Waals surface area contributed by atoms with E-state index in [9.17, 15) is 4.79 Å². The van der Waals surface area contributed by atoms with Crippen LogP contribution in [0.1, 0.15) is 21.5 Å². The first-order valence-corrected chi connectivity index (χ1v) is 13.3. The van der Waals surface area contributed by atoms with Gasteiger partial charge in [-0.05, 0) is 72.3 Å². The lowest BCUT2D eigenvalue weighted by molar-refractivity contribution is 0.103. The Kier molecular flexibility index (Phi) is 5.71. The van der Waals surface area contributed by atoms with Crippen LogP contribution in [-0.2, 0) is 0 Å². The van der Waals surface area contributed by atoms with Crippen LogP contribution in [-0.4, -0.2) is 16.6 Å². The number of fused-ring (bicyclic) bond motifs is 3. The highest BCUT2D eigenvalue weighted by atomic mass is 32.2. The lowest BCUT2D eigenvalue weighted by Crippen LogP contribution is -2.05. The molecule has 0 saturated carbocycles. The maximum absolute atomic E-state index is 13.6. The molecule has 0 saturated heterocycles. The molecule has 0 aliphatic heterocycles. The largest absolute Gasteiger partial charge is 0.309 e. The number of hydrogen-bond donors (Lipinski definition) is 0. The van der Waals surface area contributed by atoms with Crippen LogP contribution in [0.15, 0.2) is 120 Å². The Balaban J connectivity index is 1.53. The van der Waals surface area contributed by atoms with Crippen LogP contribution < -0.4 is 0 Å². The third-order valence-electron chi connectivity index (χ3n) is 6.85. The van der Waals surface area contributed by atoms with Gasteiger partial charge in [0.1, 0.15) is 0 Å². The van der Waals surface area contributed by atoms with E-state index in [4.69, 9.17) is 0 Å². The number of benzene rings is 5. The number of nitrogens with zero attached hydrogens (tertiary/aromatic N) is 1. The van der Waals surface area contributed by atoms with Crippen molar-refractivity contribution in [1.82, 2.24) is 4.57 Å². The summed E-state index contributed by atoms with van der Waals surface area (Å²) >= 11 is 1.61. The molecule has 2 nitrogen and oxygen atoms in total. The predicted octanol–water partition coefficient (Wildman–Crippen LogP) is 8.71. The zero-order valence-electron chi connectivity index (χ0n) is 20.2. The monoisotopic (exact) mass is 483 g/mol. The second-order valence-electron chi connectivity index (χ2n) is 8.98. The summed E-state index contributed by atoms with van der Waals surface area (Å²) in [5.41, 5.74) is 8.15. The molecule has 0 aliphatic carbocycles. The number of hydrogen-bond acceptors (Lipinski definition) is 2. The predicted molar refractivity (Wildman–Crippen MR) is 153 cm³/mol. The minimum Gasteiger partial charge on any atom is -0.309 e. The van der Waals surface area contributed by atoms with Crippen molar-refractivity contribution < 1.29 is 4.79 Å². The van der Waals surface area contributed by atoms with Gasteiger partial charge in [-0.2, -0.15) is 0 Å². The molecule has 36 heavy (non-hydrogen) atoms. The minimum absolute atomic E-state index is 0.0704. The van der Waals surface area contributed by atoms with Crippen LogP contribution in [0.4, 0.5) is 0 Å². The van der Waals surface area contributed by atoms with Gasteiger partial charge in [-0.15, -0.1) is 11.8 Å². The molecule has 0 bridgehead atoms. The fourth-order valence-corrected chi connectivity index (χ4v) is 5.62. The normalized spacial score (nSPS) is 11.3. The molecule has 0 aliphatic rings. The highest BCUT2D eigenvalue weighted by molar-refractivity contribution is 7.98. The van der Waals surface area contributed by atoms with E-state index in [0.29, 0.717) is 0 Å². The quantitative estimate of drug-likeness (QED) is 0.181. The van der Waals surface area contributed by atoms with E-state index in [0.717, 1.165) is 38.4 Å². The molecular formula is C33H25NOS. The molecule has 3 heteroatoms. The zero-order chi connectivity index (χ0) is 24.6. The van der Waals surface area contributed by atoms with E-state index in [1.807, 2.05) is 43.5 Å². The molecule has 1 heterocycles. The zero-order valence-corrected chi connectivity index (χ0v) is 21.0. The van der Waals surface area contributed by atoms with Crippen molar-refractivity contribution in [1.29, 1.82) is 0 Å². The summed E-state index contributed by atoms with van der Waals surface area (Å²) in [5.74, 6) is 0.0704. The number of aromatic nitrogens is 1. The van der Waals surface area contributed by atoms with Gasteiger partial charge in [0.25, 0.3) is 0 Å². The van der Waals surface area contributed by atoms with Crippen molar-refractivity contribution in [2.45, 2.75) is 11.8 Å². The Morgan fingerprint density at radius 3 is 2.11 bits per heavy atom. The number of thioether (sulfide) groups is 1. The Bertz CT molecular complexity index is 1750. The van der Waals surface area contributed by atoms with Crippen molar-refractivity contribution in [3.8, 4) is 16.8 Å². The second kappa shape index (κ2) is 9.18. The van der Waals surface area contributed by atoms with E-state index < -0.39 is 0 Å². The number of rotatable bonds is 5. The Labute approximate surface area is 215 Å². The smallest absolute Gasteiger partial charge is 0.194 e. The third kappa shape index (κ3) is 3.73. The topological polar surface area (TPSA) is 22.0 Å². The van der Waals surface area contributed by atoms with Gasteiger partial charge in [0.15, 0.2) is 5.78 Å². The van der Waals surface area contributed by atoms with E-state index in [1.54, 1.807) is 11.8 Å². The standard InChI is InChI=1S/C33H25NOS/c1-22-10-6-7-13-26(22)33(35)29-21-24(17-19-32(29)36-2)23-16-18-31-28(20-23)27-14-8-9-15-30(27)34(31)25-11-4-3-5-12-25/h3-21H,1-2H3. The number of carbonyl (C=O) groups excluding carboxylic acids is 1. The molecular weight excluding hydrogens is 458 g/mol. The molecule has 1 aromatic heterocycles. The Morgan fingerprint density at radius 2 is 1.31 bits per heavy atom. The molecule has 0 N–H and O–H groups in total. The Morgan fingerprint density at radius 1 is 0.639 bits per heavy atom. The first kappa shape index (κ1) is 22.4. The van der Waals surface area contributed by atoms with Crippen molar-refractivity contribution in [3.05, 3.63) is 132 Å². The number of aryl methyl sites for hydroxylation is 1. The molecule has 0 radical (unpaired) electrons. The summed E-state index contributed by atoms with van der Waals surface area (Å²) in [6.45, 7) is 1.99. The summed E-state index contributed by atoms with van der Waals surface area (Å²) in [7, 11) is 0. The summed E-state index contributed by atoms with van der Waals surface area (Å²) in [5, 5.41) is 2.42. The Hall–Kier alpha value is -4.08. The summed E-state index contributed by atoms with van der Waals surface area (Å²) < 4.78 is 2.32. The lowest BCUT2D eigenvalue weighted by Gasteiger charge is -2.12. The summed E-state index contributed by atoms with van der Waals surface area (Å²) in [6, 6.07) is 39.7. The van der Waals surface area contributed by atoms with E-state index in [1.165, 1.54) is 21.8 Å². The van der Waals surface area contributed by atoms with Crippen LogP contribution in [0.3, 0.4) is 0 Å². The van der Waals surface area contributed by atoms with Crippen LogP contribution in [0, 0.1) is 6.92 Å². The van der Waals surface area contributed by atoms with Gasteiger partial charge in [0, 0.05) is 32.5 Å². The van der Waals surface area contributed by atoms with Gasteiger partial charge in [0.2, 0.25) is 0 Å². The van der Waals surface area contributed by atoms with Gasteiger partial charge in [-0.25, -0.2) is 0 Å². The van der Waals surface area contributed by atoms with Crippen LogP contribution in [0.25, 0.3) is 38.6 Å². The molecule has 5 aromatic carbocycles. The molecule has 0 unspecified atom stereocenters. The first-order chi connectivity index (χ1) is 17.7. The number of carbonyl (C=O) groups is 1. The molecule has 6 aromatic rings. The summed E-state index contributed by atoms with van der Waals surface area (Å²) in [4.78, 5) is 14.6. The summed E-state index contributed by atoms with van der Waals surface area (Å²) in [6.07, 6.45) is 2.02. The fourth-order valence-electron chi connectivity index (χ4n) is 5.05. The number of para-hydroxylation sites is 2. The highest BCUT2D eigenvalue weighted by Crippen LogP contribution is 2.36. The first-order valence-electron chi connectivity index (χ1n) is 12.0. The van der Waals surface area contributed by atoms with Gasteiger partial charge < -0.3 is 4.57 Å². The molecule has 174 valence electrons. The van der Waals surface area contributed by atoms with E-state index in [-0.39, 0.29) is 5.78 Å². The van der Waals surface area contributed by atoms with Crippen molar-refractivity contribution in [2.24, 2.45) is 0 Å². The molecule has 0 spiro atoms. The number of ketones is 1. The minimum atomic E-state index is 0.0704. The van der Waals surface area contributed by atoms with E-state index in [2.05, 4.69) is 89.5 Å². The fraction of sp³-hybridized carbons (Fsp3) is 0.0606. The SMILES string of the molecule is CSc1ccc(-c2ccc3c(c2)c2ccccc2n3-c2ccccc2)cc1C(=O)c1ccccc1C. The maximum Gasteiger partial charge on any atom is 0.194 e. The molecule has 0 amide bonds. The molecule has 6 rings (SSSR count). The van der Waals surface area contributed by atoms with Crippen LogP contribution in [0.5, 0.6) is 0 Å². The maximum atomic E-state index is 13.6. The van der Waals surface area contributed by atoms with Crippen molar-refractivity contribution in [2.75, 3.05) is 6.26 Å². The van der Waals surface area contributed by atoms with Crippen LogP contribution >= 0.6 is 11.8 Å². The van der Waals surface area contributed by atoms with Crippen molar-refractivity contribution in [3.63, 3.8) is 0 Å². The molecule has 0 fully saturated rings. The highest BCUT2D eigenvalue weighted by Gasteiger charge is 2.18. The average Bonchev–Trinajstić information content (AvgIpc) is 3.27. The van der Waals surface area contributed by atoms with Gasteiger partial charge in [-0.1, -0.05) is 72.8 Å². The third-order valence-corrected chi connectivity index (χ3v) is 7.65. The van der Waals surface area contributed by atoms with Gasteiger partial charge >= 0.3 is 0 Å². The van der Waals surface area contributed by atoms with Gasteiger partial charge in [-0.3, -0.25) is 4.79 Å². The van der Waals surface area contributed by atoms with Crippen LogP contribution in [0.2, 0.25) is 0 Å². The van der Waals surface area contributed by atoms with Gasteiger partial charge in [0.05, 0.1) is 11.0 Å². The lowest BCUT2D eigenvalue weighted by atomic mass is 9.95. The second-order valence-corrected chi connectivity index (χ2v) is 9.83. The molecule has 0 atom stereocenters. The van der Waals surface area contributed by atoms with Crippen molar-refractivity contribution >= 4 is 39.4 Å².